The number of rotatable bonds is 2. The zero-order chi connectivity index (χ0) is 12.5. The molecule has 0 bridgehead atoms. The number of carbonyl (C=O) groups is 2. The lowest BCUT2D eigenvalue weighted by Crippen LogP contribution is -2.36. The summed E-state index contributed by atoms with van der Waals surface area (Å²) in [6.07, 6.45) is 4.85. The van der Waals surface area contributed by atoms with Gasteiger partial charge in [-0.2, -0.15) is 0 Å². The molecule has 2 heterocycles. The highest BCUT2D eigenvalue weighted by atomic mass is 16.5. The molecule has 3 fully saturated rings. The molecule has 1 saturated carbocycles. The average Bonchev–Trinajstić information content (AvgIpc) is 3.16. The smallest absolute Gasteiger partial charge is 0.243 e. The van der Waals surface area contributed by atoms with Gasteiger partial charge >= 0.3 is 0 Å². The lowest BCUT2D eigenvalue weighted by molar-refractivity contribution is -0.136. The number of hydrogen-bond acceptors (Lipinski definition) is 3. The van der Waals surface area contributed by atoms with Crippen LogP contribution in [0.4, 0.5) is 0 Å². The van der Waals surface area contributed by atoms with E-state index in [9.17, 15) is 9.59 Å². The van der Waals surface area contributed by atoms with Crippen LogP contribution in [0, 0.1) is 5.92 Å². The summed E-state index contributed by atoms with van der Waals surface area (Å²) in [7, 11) is 0. The summed E-state index contributed by atoms with van der Waals surface area (Å²) in [4.78, 5) is 27.8. The van der Waals surface area contributed by atoms with E-state index in [0.29, 0.717) is 19.3 Å². The fourth-order valence-corrected chi connectivity index (χ4v) is 2.83. The van der Waals surface area contributed by atoms with Crippen molar-refractivity contribution in [1.29, 1.82) is 0 Å². The second kappa shape index (κ2) is 4.88. The highest BCUT2D eigenvalue weighted by molar-refractivity contribution is 5.89. The number of ether oxygens (including phenoxy) is 1. The molecule has 0 aromatic carbocycles. The molecule has 100 valence electrons. The summed E-state index contributed by atoms with van der Waals surface area (Å²) in [6.45, 7) is 2.23. The quantitative estimate of drug-likeness (QED) is 0.723. The Hall–Kier alpha value is -1.10. The maximum atomic E-state index is 12.4. The van der Waals surface area contributed by atoms with Gasteiger partial charge in [0.05, 0.1) is 6.67 Å². The van der Waals surface area contributed by atoms with E-state index in [-0.39, 0.29) is 24.3 Å². The Morgan fingerprint density at radius 2 is 2.00 bits per heavy atom. The van der Waals surface area contributed by atoms with Crippen molar-refractivity contribution in [3.8, 4) is 0 Å². The Morgan fingerprint density at radius 3 is 2.78 bits per heavy atom. The summed E-state index contributed by atoms with van der Waals surface area (Å²) in [5, 5.41) is 0. The van der Waals surface area contributed by atoms with Crippen molar-refractivity contribution in [3.05, 3.63) is 0 Å². The second-order valence-electron chi connectivity index (χ2n) is 5.51. The van der Waals surface area contributed by atoms with E-state index in [1.165, 1.54) is 0 Å². The fourth-order valence-electron chi connectivity index (χ4n) is 2.83. The highest BCUT2D eigenvalue weighted by Crippen LogP contribution is 2.30. The van der Waals surface area contributed by atoms with Crippen LogP contribution < -0.4 is 0 Å². The van der Waals surface area contributed by atoms with Crippen molar-refractivity contribution in [1.82, 2.24) is 9.80 Å². The first-order valence-electron chi connectivity index (χ1n) is 6.91. The van der Waals surface area contributed by atoms with Gasteiger partial charge in [-0.25, -0.2) is 0 Å². The lowest BCUT2D eigenvalue weighted by Gasteiger charge is -2.22. The molecule has 18 heavy (non-hydrogen) atoms. The zero-order valence-corrected chi connectivity index (χ0v) is 10.6. The molecule has 2 saturated heterocycles. The first-order valence-corrected chi connectivity index (χ1v) is 6.91. The molecule has 0 aromatic rings. The third-order valence-electron chi connectivity index (χ3n) is 4.07. The Morgan fingerprint density at radius 1 is 1.17 bits per heavy atom. The average molecular weight is 252 g/mol. The Balaban J connectivity index is 1.60. The first-order chi connectivity index (χ1) is 8.75. The summed E-state index contributed by atoms with van der Waals surface area (Å²) in [6, 6.07) is 0.410. The van der Waals surface area contributed by atoms with E-state index in [1.807, 2.05) is 4.90 Å². The SMILES string of the molecule is O=C([C@@H]1CCCOCC1)N1CC(=O)N(C2CC2)C1. The lowest BCUT2D eigenvalue weighted by atomic mass is 9.99. The molecule has 0 spiro atoms. The van der Waals surface area contributed by atoms with Crippen molar-refractivity contribution < 1.29 is 14.3 Å². The molecular formula is C13H20N2O3. The number of carbonyl (C=O) groups excluding carboxylic acids is 2. The van der Waals surface area contributed by atoms with Crippen LogP contribution in [-0.4, -0.2) is 54.1 Å². The Bertz CT molecular complexity index is 346. The van der Waals surface area contributed by atoms with E-state index < -0.39 is 0 Å². The molecule has 3 rings (SSSR count). The predicted molar refractivity (Wildman–Crippen MR) is 64.6 cm³/mol. The van der Waals surface area contributed by atoms with E-state index in [4.69, 9.17) is 4.74 Å². The van der Waals surface area contributed by atoms with Gasteiger partial charge < -0.3 is 14.5 Å². The Labute approximate surface area is 107 Å². The van der Waals surface area contributed by atoms with Crippen molar-refractivity contribution in [2.45, 2.75) is 38.1 Å². The maximum absolute atomic E-state index is 12.4. The van der Waals surface area contributed by atoms with E-state index in [2.05, 4.69) is 0 Å². The fraction of sp³-hybridized carbons (Fsp3) is 0.846. The van der Waals surface area contributed by atoms with Gasteiger partial charge in [0.1, 0.15) is 6.54 Å². The summed E-state index contributed by atoms with van der Waals surface area (Å²) < 4.78 is 5.38. The normalized spacial score (nSPS) is 29.6. The number of nitrogens with zero attached hydrogens (tertiary/aromatic N) is 2. The Kier molecular flexibility index (Phi) is 3.24. The maximum Gasteiger partial charge on any atom is 0.243 e. The van der Waals surface area contributed by atoms with Gasteiger partial charge in [-0.15, -0.1) is 0 Å². The van der Waals surface area contributed by atoms with Crippen molar-refractivity contribution >= 4 is 11.8 Å². The molecule has 0 aromatic heterocycles. The van der Waals surface area contributed by atoms with Crippen LogP contribution in [0.1, 0.15) is 32.1 Å². The number of hydrogen-bond donors (Lipinski definition) is 0. The van der Waals surface area contributed by atoms with Crippen molar-refractivity contribution in [2.24, 2.45) is 5.92 Å². The van der Waals surface area contributed by atoms with E-state index >= 15 is 0 Å². The molecule has 0 radical (unpaired) electrons. The molecule has 1 atom stereocenters. The molecular weight excluding hydrogens is 232 g/mol. The highest BCUT2D eigenvalue weighted by Gasteiger charge is 2.41. The molecule has 1 aliphatic carbocycles. The van der Waals surface area contributed by atoms with Crippen LogP contribution in [0.5, 0.6) is 0 Å². The van der Waals surface area contributed by atoms with Crippen LogP contribution in [0.3, 0.4) is 0 Å². The van der Waals surface area contributed by atoms with Gasteiger partial charge in [0.25, 0.3) is 0 Å². The molecule has 0 unspecified atom stereocenters. The topological polar surface area (TPSA) is 49.9 Å². The second-order valence-corrected chi connectivity index (χ2v) is 5.51. The summed E-state index contributed by atoms with van der Waals surface area (Å²) >= 11 is 0. The monoisotopic (exact) mass is 252 g/mol. The minimum absolute atomic E-state index is 0.0550. The molecule has 5 heteroatoms. The number of amides is 2. The third-order valence-corrected chi connectivity index (χ3v) is 4.07. The van der Waals surface area contributed by atoms with Gasteiger partial charge in [-0.3, -0.25) is 9.59 Å². The molecule has 5 nitrogen and oxygen atoms in total. The molecule has 2 aliphatic heterocycles. The first kappa shape index (κ1) is 12.0. The van der Waals surface area contributed by atoms with Crippen molar-refractivity contribution in [2.75, 3.05) is 26.4 Å². The van der Waals surface area contributed by atoms with Gasteiger partial charge in [-0.1, -0.05) is 0 Å². The minimum atomic E-state index is 0.0550. The van der Waals surface area contributed by atoms with Gasteiger partial charge in [0, 0.05) is 25.2 Å². The van der Waals surface area contributed by atoms with E-state index in [0.717, 1.165) is 38.7 Å². The van der Waals surface area contributed by atoms with Gasteiger partial charge in [0.2, 0.25) is 11.8 Å². The van der Waals surface area contributed by atoms with Gasteiger partial charge in [0.15, 0.2) is 0 Å². The van der Waals surface area contributed by atoms with Crippen LogP contribution in [-0.2, 0) is 14.3 Å². The van der Waals surface area contributed by atoms with Gasteiger partial charge in [-0.05, 0) is 32.1 Å². The molecule has 3 aliphatic rings. The standard InChI is InChI=1S/C13H20N2O3/c16-12-8-14(9-15(12)11-3-4-11)13(17)10-2-1-6-18-7-5-10/h10-11H,1-9H2/t10-/m1/s1. The third kappa shape index (κ3) is 2.36. The molecule has 0 N–H and O–H groups in total. The van der Waals surface area contributed by atoms with Crippen LogP contribution >= 0.6 is 0 Å². The van der Waals surface area contributed by atoms with Crippen LogP contribution in [0.25, 0.3) is 0 Å². The minimum Gasteiger partial charge on any atom is -0.381 e. The summed E-state index contributed by atoms with van der Waals surface area (Å²) in [5.41, 5.74) is 0. The van der Waals surface area contributed by atoms with Crippen LogP contribution in [0.15, 0.2) is 0 Å². The van der Waals surface area contributed by atoms with Crippen molar-refractivity contribution in [3.63, 3.8) is 0 Å². The van der Waals surface area contributed by atoms with E-state index in [1.54, 1.807) is 4.90 Å². The zero-order valence-electron chi connectivity index (χ0n) is 10.6. The molecule has 2 amide bonds. The summed E-state index contributed by atoms with van der Waals surface area (Å²) in [5.74, 6) is 0.326. The largest absolute Gasteiger partial charge is 0.381 e. The predicted octanol–water partition coefficient (Wildman–Crippen LogP) is 0.594. The van der Waals surface area contributed by atoms with Crippen LogP contribution in [0.2, 0.25) is 0 Å².